The van der Waals surface area contributed by atoms with E-state index < -0.39 is 0 Å². The standard InChI is InChI=1S/C24H24FN5OS/c1-24(2,3)30-22(16-7-9-17(25)10-8-16)20(14-28-30)23-29-19(15-32-23)12-21(31)27-13-18-6-4-5-11-26-18/h4-11,14-15H,12-13H2,1-3H3,(H,27,31). The predicted molar refractivity (Wildman–Crippen MR) is 124 cm³/mol. The highest BCUT2D eigenvalue weighted by Gasteiger charge is 2.24. The van der Waals surface area contributed by atoms with Crippen LogP contribution in [0.25, 0.3) is 21.8 Å². The number of rotatable bonds is 6. The molecule has 0 fully saturated rings. The lowest BCUT2D eigenvalue weighted by Crippen LogP contribution is -2.25. The second-order valence-corrected chi connectivity index (χ2v) is 9.27. The fraction of sp³-hybridized carbons (Fsp3) is 0.250. The van der Waals surface area contributed by atoms with Gasteiger partial charge in [0.05, 0.1) is 47.3 Å². The van der Waals surface area contributed by atoms with Crippen LogP contribution in [0.2, 0.25) is 0 Å². The maximum absolute atomic E-state index is 13.5. The summed E-state index contributed by atoms with van der Waals surface area (Å²) in [6.45, 7) is 6.58. The highest BCUT2D eigenvalue weighted by molar-refractivity contribution is 7.13. The van der Waals surface area contributed by atoms with E-state index in [-0.39, 0.29) is 23.7 Å². The van der Waals surface area contributed by atoms with Gasteiger partial charge in [-0.15, -0.1) is 11.3 Å². The number of thiazole rings is 1. The van der Waals surface area contributed by atoms with E-state index in [9.17, 15) is 9.18 Å². The maximum atomic E-state index is 13.5. The average Bonchev–Trinajstić information content (AvgIpc) is 3.40. The van der Waals surface area contributed by atoms with Crippen molar-refractivity contribution in [2.45, 2.75) is 39.3 Å². The number of benzene rings is 1. The van der Waals surface area contributed by atoms with E-state index >= 15 is 0 Å². The molecule has 4 rings (SSSR count). The summed E-state index contributed by atoms with van der Waals surface area (Å²) in [7, 11) is 0. The predicted octanol–water partition coefficient (Wildman–Crippen LogP) is 4.82. The van der Waals surface area contributed by atoms with Crippen LogP contribution in [-0.2, 0) is 23.3 Å². The number of amides is 1. The van der Waals surface area contributed by atoms with Gasteiger partial charge < -0.3 is 5.32 Å². The molecule has 0 unspecified atom stereocenters. The summed E-state index contributed by atoms with van der Waals surface area (Å²) in [4.78, 5) is 21.3. The molecule has 4 aromatic rings. The fourth-order valence-electron chi connectivity index (χ4n) is 3.33. The van der Waals surface area contributed by atoms with Crippen LogP contribution in [0.15, 0.2) is 60.2 Å². The number of nitrogens with zero attached hydrogens (tertiary/aromatic N) is 4. The Bertz CT molecular complexity index is 1210. The smallest absolute Gasteiger partial charge is 0.226 e. The highest BCUT2D eigenvalue weighted by Crippen LogP contribution is 2.36. The summed E-state index contributed by atoms with van der Waals surface area (Å²) < 4.78 is 15.4. The third kappa shape index (κ3) is 4.91. The highest BCUT2D eigenvalue weighted by atomic mass is 32.1. The van der Waals surface area contributed by atoms with Crippen LogP contribution >= 0.6 is 11.3 Å². The minimum atomic E-state index is -0.287. The van der Waals surface area contributed by atoms with Crippen LogP contribution in [0.4, 0.5) is 4.39 Å². The lowest BCUT2D eigenvalue weighted by atomic mass is 10.0. The normalized spacial score (nSPS) is 11.5. The number of aromatic nitrogens is 4. The molecule has 1 N–H and O–H groups in total. The number of nitrogens with one attached hydrogen (secondary N) is 1. The van der Waals surface area contributed by atoms with Crippen molar-refractivity contribution in [3.63, 3.8) is 0 Å². The topological polar surface area (TPSA) is 72.7 Å². The Morgan fingerprint density at radius 3 is 2.59 bits per heavy atom. The first-order chi connectivity index (χ1) is 15.3. The van der Waals surface area contributed by atoms with Gasteiger partial charge in [0, 0.05) is 17.1 Å². The fourth-order valence-corrected chi connectivity index (χ4v) is 4.16. The zero-order valence-electron chi connectivity index (χ0n) is 18.2. The zero-order chi connectivity index (χ0) is 22.7. The Kier molecular flexibility index (Phi) is 6.14. The van der Waals surface area contributed by atoms with E-state index in [1.165, 1.54) is 23.5 Å². The molecule has 0 saturated carbocycles. The van der Waals surface area contributed by atoms with Crippen LogP contribution in [-0.4, -0.2) is 25.7 Å². The summed E-state index contributed by atoms with van der Waals surface area (Å²) in [5.41, 5.74) is 3.82. The number of pyridine rings is 1. The summed E-state index contributed by atoms with van der Waals surface area (Å²) in [5.74, 6) is -0.401. The van der Waals surface area contributed by atoms with Gasteiger partial charge in [0.2, 0.25) is 5.91 Å². The molecule has 3 heterocycles. The zero-order valence-corrected chi connectivity index (χ0v) is 19.0. The molecule has 8 heteroatoms. The largest absolute Gasteiger partial charge is 0.350 e. The lowest BCUT2D eigenvalue weighted by Gasteiger charge is -2.23. The number of carbonyl (C=O) groups excluding carboxylic acids is 1. The van der Waals surface area contributed by atoms with Crippen LogP contribution in [0.3, 0.4) is 0 Å². The average molecular weight is 450 g/mol. The quantitative estimate of drug-likeness (QED) is 0.458. The minimum Gasteiger partial charge on any atom is -0.350 e. The van der Waals surface area contributed by atoms with Gasteiger partial charge in [-0.05, 0) is 57.2 Å². The number of carbonyl (C=O) groups is 1. The minimum absolute atomic E-state index is 0.114. The van der Waals surface area contributed by atoms with Crippen LogP contribution in [0.1, 0.15) is 32.2 Å². The third-order valence-corrected chi connectivity index (χ3v) is 5.76. The van der Waals surface area contributed by atoms with Gasteiger partial charge in [0.25, 0.3) is 0 Å². The second-order valence-electron chi connectivity index (χ2n) is 8.41. The molecule has 0 aliphatic carbocycles. The Hall–Kier alpha value is -3.39. The number of halogens is 1. The molecule has 1 amide bonds. The molecule has 0 saturated heterocycles. The van der Waals surface area contributed by atoms with E-state index in [0.29, 0.717) is 12.2 Å². The number of hydrogen-bond acceptors (Lipinski definition) is 5. The molecule has 1 aromatic carbocycles. The molecule has 0 radical (unpaired) electrons. The summed E-state index contributed by atoms with van der Waals surface area (Å²) >= 11 is 1.46. The molecule has 3 aromatic heterocycles. The van der Waals surface area contributed by atoms with Crippen molar-refractivity contribution < 1.29 is 9.18 Å². The van der Waals surface area contributed by atoms with Gasteiger partial charge >= 0.3 is 0 Å². The molecule has 0 aliphatic rings. The molecule has 0 aliphatic heterocycles. The molecular weight excluding hydrogens is 425 g/mol. The van der Waals surface area contributed by atoms with Crippen molar-refractivity contribution in [2.24, 2.45) is 0 Å². The maximum Gasteiger partial charge on any atom is 0.226 e. The number of hydrogen-bond donors (Lipinski definition) is 1. The monoisotopic (exact) mass is 449 g/mol. The van der Waals surface area contributed by atoms with E-state index in [4.69, 9.17) is 0 Å². The first kappa shape index (κ1) is 21.8. The molecular formula is C24H24FN5OS. The van der Waals surface area contributed by atoms with Crippen LogP contribution in [0, 0.1) is 5.82 Å². The van der Waals surface area contributed by atoms with Crippen LogP contribution in [0.5, 0.6) is 0 Å². The third-order valence-electron chi connectivity index (χ3n) is 4.84. The van der Waals surface area contributed by atoms with Crippen molar-refractivity contribution in [2.75, 3.05) is 0 Å². The summed E-state index contributed by atoms with van der Waals surface area (Å²) in [5, 5.41) is 10.1. The van der Waals surface area contributed by atoms with Gasteiger partial charge in [-0.25, -0.2) is 9.37 Å². The summed E-state index contributed by atoms with van der Waals surface area (Å²) in [6, 6.07) is 12.0. The lowest BCUT2D eigenvalue weighted by molar-refractivity contribution is -0.120. The van der Waals surface area contributed by atoms with E-state index in [2.05, 4.69) is 41.2 Å². The van der Waals surface area contributed by atoms with Crippen LogP contribution < -0.4 is 5.32 Å². The van der Waals surface area contributed by atoms with Crippen molar-refractivity contribution in [1.82, 2.24) is 25.1 Å². The van der Waals surface area contributed by atoms with Crippen molar-refractivity contribution in [1.29, 1.82) is 0 Å². The van der Waals surface area contributed by atoms with Gasteiger partial charge in [-0.3, -0.25) is 14.5 Å². The second kappa shape index (κ2) is 9.00. The van der Waals surface area contributed by atoms with Gasteiger partial charge in [-0.1, -0.05) is 6.07 Å². The Morgan fingerprint density at radius 2 is 1.91 bits per heavy atom. The molecule has 32 heavy (non-hydrogen) atoms. The van der Waals surface area contributed by atoms with Crippen molar-refractivity contribution in [3.8, 4) is 21.8 Å². The Morgan fingerprint density at radius 1 is 1.12 bits per heavy atom. The van der Waals surface area contributed by atoms with E-state index in [0.717, 1.165) is 27.5 Å². The van der Waals surface area contributed by atoms with Gasteiger partial charge in [-0.2, -0.15) is 5.10 Å². The van der Waals surface area contributed by atoms with E-state index in [1.54, 1.807) is 24.5 Å². The molecule has 6 nitrogen and oxygen atoms in total. The molecule has 0 spiro atoms. The molecule has 0 atom stereocenters. The van der Waals surface area contributed by atoms with Gasteiger partial charge in [0.15, 0.2) is 0 Å². The first-order valence-electron chi connectivity index (χ1n) is 10.3. The summed E-state index contributed by atoms with van der Waals surface area (Å²) in [6.07, 6.45) is 3.67. The first-order valence-corrected chi connectivity index (χ1v) is 11.1. The van der Waals surface area contributed by atoms with Gasteiger partial charge in [0.1, 0.15) is 10.8 Å². The molecule has 0 bridgehead atoms. The Balaban J connectivity index is 1.56. The SMILES string of the molecule is CC(C)(C)n1ncc(-c2nc(CC(=O)NCc3ccccn3)cs2)c1-c1ccc(F)cc1. The Labute approximate surface area is 190 Å². The molecule has 164 valence electrons. The van der Waals surface area contributed by atoms with Crippen molar-refractivity contribution >= 4 is 17.2 Å². The van der Waals surface area contributed by atoms with E-state index in [1.807, 2.05) is 28.3 Å². The van der Waals surface area contributed by atoms with Crippen molar-refractivity contribution in [3.05, 3.63) is 77.4 Å².